The van der Waals surface area contributed by atoms with E-state index in [2.05, 4.69) is 5.16 Å². The Bertz CT molecular complexity index is 807. The molecule has 0 aliphatic carbocycles. The molecule has 1 amide bonds. The second kappa shape index (κ2) is 7.32. The summed E-state index contributed by atoms with van der Waals surface area (Å²) in [5.74, 6) is -0.875. The van der Waals surface area contributed by atoms with Crippen molar-refractivity contribution in [3.05, 3.63) is 52.4 Å². The van der Waals surface area contributed by atoms with Gasteiger partial charge in [-0.05, 0) is 38.3 Å². The molecule has 1 aliphatic heterocycles. The van der Waals surface area contributed by atoms with Gasteiger partial charge in [0.05, 0.1) is 11.6 Å². The molecular formula is C20H24N2O4. The van der Waals surface area contributed by atoms with Crippen LogP contribution in [0.15, 0.2) is 28.8 Å². The third-order valence-electron chi connectivity index (χ3n) is 5.35. The number of aryl methyl sites for hydroxylation is 3. The van der Waals surface area contributed by atoms with Crippen molar-refractivity contribution in [1.29, 1.82) is 0 Å². The molecule has 1 saturated heterocycles. The molecule has 2 atom stereocenters. The van der Waals surface area contributed by atoms with Gasteiger partial charge in [-0.3, -0.25) is 9.59 Å². The lowest BCUT2D eigenvalue weighted by Gasteiger charge is -2.18. The highest BCUT2D eigenvalue weighted by Gasteiger charge is 2.40. The molecule has 3 rings (SSSR count). The molecule has 1 aliphatic rings. The van der Waals surface area contributed by atoms with Crippen molar-refractivity contribution in [3.8, 4) is 0 Å². The van der Waals surface area contributed by atoms with Gasteiger partial charge in [-0.1, -0.05) is 29.4 Å². The number of hydrogen-bond acceptors (Lipinski definition) is 4. The topological polar surface area (TPSA) is 83.6 Å². The Morgan fingerprint density at radius 2 is 1.96 bits per heavy atom. The van der Waals surface area contributed by atoms with Crippen LogP contribution in [0.1, 0.15) is 40.5 Å². The fraction of sp³-hybridized carbons (Fsp3) is 0.450. The van der Waals surface area contributed by atoms with Crippen LogP contribution >= 0.6 is 0 Å². The van der Waals surface area contributed by atoms with Crippen LogP contribution in [0.25, 0.3) is 0 Å². The summed E-state index contributed by atoms with van der Waals surface area (Å²) < 4.78 is 5.14. The average Bonchev–Trinajstić information content (AvgIpc) is 3.18. The molecule has 138 valence electrons. The Morgan fingerprint density at radius 3 is 2.58 bits per heavy atom. The maximum absolute atomic E-state index is 12.7. The molecule has 0 radical (unpaired) electrons. The number of rotatable bonds is 5. The van der Waals surface area contributed by atoms with Crippen LogP contribution in [-0.4, -0.2) is 40.1 Å². The fourth-order valence-corrected chi connectivity index (χ4v) is 3.82. The molecule has 0 saturated carbocycles. The van der Waals surface area contributed by atoms with E-state index in [1.54, 1.807) is 4.90 Å². The second-order valence-electron chi connectivity index (χ2n) is 7.01. The summed E-state index contributed by atoms with van der Waals surface area (Å²) in [5.41, 5.74) is 3.84. The van der Waals surface area contributed by atoms with E-state index < -0.39 is 11.9 Å². The number of carboxylic acids is 1. The van der Waals surface area contributed by atoms with Crippen molar-refractivity contribution in [2.24, 2.45) is 5.92 Å². The first kappa shape index (κ1) is 18.2. The van der Waals surface area contributed by atoms with Crippen molar-refractivity contribution in [3.63, 3.8) is 0 Å². The lowest BCUT2D eigenvalue weighted by Crippen LogP contribution is -2.30. The minimum atomic E-state index is -0.848. The number of benzene rings is 1. The van der Waals surface area contributed by atoms with E-state index in [-0.39, 0.29) is 18.4 Å². The SMILES string of the molecule is Cc1ccccc1[C@@H]1CN(C(=O)CCc2c(C)noc2C)C[C@H]1C(=O)O. The quantitative estimate of drug-likeness (QED) is 0.890. The molecule has 1 N–H and O–H groups in total. The van der Waals surface area contributed by atoms with Crippen LogP contribution in [0.2, 0.25) is 0 Å². The highest BCUT2D eigenvalue weighted by Crippen LogP contribution is 2.35. The largest absolute Gasteiger partial charge is 0.481 e. The van der Waals surface area contributed by atoms with Gasteiger partial charge in [0.1, 0.15) is 5.76 Å². The lowest BCUT2D eigenvalue weighted by molar-refractivity contribution is -0.141. The molecule has 2 heterocycles. The molecule has 2 aromatic rings. The van der Waals surface area contributed by atoms with E-state index in [0.717, 1.165) is 28.1 Å². The van der Waals surface area contributed by atoms with Gasteiger partial charge in [0.15, 0.2) is 0 Å². The number of carbonyl (C=O) groups is 2. The first-order valence-corrected chi connectivity index (χ1v) is 8.86. The molecular weight excluding hydrogens is 332 g/mol. The van der Waals surface area contributed by atoms with Crippen LogP contribution in [0.5, 0.6) is 0 Å². The van der Waals surface area contributed by atoms with Gasteiger partial charge >= 0.3 is 5.97 Å². The van der Waals surface area contributed by atoms with Gasteiger partial charge in [0.25, 0.3) is 0 Å². The van der Waals surface area contributed by atoms with Crippen LogP contribution < -0.4 is 0 Å². The molecule has 1 aromatic heterocycles. The van der Waals surface area contributed by atoms with Crippen molar-refractivity contribution < 1.29 is 19.2 Å². The van der Waals surface area contributed by atoms with Crippen LogP contribution in [-0.2, 0) is 16.0 Å². The van der Waals surface area contributed by atoms with E-state index in [4.69, 9.17) is 4.52 Å². The van der Waals surface area contributed by atoms with Crippen molar-refractivity contribution in [1.82, 2.24) is 10.1 Å². The zero-order valence-electron chi connectivity index (χ0n) is 15.4. The van der Waals surface area contributed by atoms with Crippen molar-refractivity contribution in [2.75, 3.05) is 13.1 Å². The van der Waals surface area contributed by atoms with Gasteiger partial charge in [0.2, 0.25) is 5.91 Å². The van der Waals surface area contributed by atoms with Crippen LogP contribution in [0, 0.1) is 26.7 Å². The fourth-order valence-electron chi connectivity index (χ4n) is 3.82. The summed E-state index contributed by atoms with van der Waals surface area (Å²) in [5, 5.41) is 13.5. The Hall–Kier alpha value is -2.63. The minimum absolute atomic E-state index is 0.0210. The number of carboxylic acid groups (broad SMARTS) is 1. The minimum Gasteiger partial charge on any atom is -0.481 e. The molecule has 0 spiro atoms. The first-order chi connectivity index (χ1) is 12.4. The predicted octanol–water partition coefficient (Wildman–Crippen LogP) is 2.86. The Morgan fingerprint density at radius 1 is 1.23 bits per heavy atom. The third-order valence-corrected chi connectivity index (χ3v) is 5.35. The summed E-state index contributed by atoms with van der Waals surface area (Å²) in [4.78, 5) is 26.1. The van der Waals surface area contributed by atoms with Crippen molar-refractivity contribution >= 4 is 11.9 Å². The molecule has 6 heteroatoms. The molecule has 26 heavy (non-hydrogen) atoms. The number of carbonyl (C=O) groups excluding carboxylic acids is 1. The van der Waals surface area contributed by atoms with Crippen LogP contribution in [0.3, 0.4) is 0 Å². The number of hydrogen-bond donors (Lipinski definition) is 1. The smallest absolute Gasteiger partial charge is 0.308 e. The molecule has 0 bridgehead atoms. The van der Waals surface area contributed by atoms with Crippen molar-refractivity contribution in [2.45, 2.75) is 39.5 Å². The third kappa shape index (κ3) is 3.49. The first-order valence-electron chi connectivity index (χ1n) is 8.86. The monoisotopic (exact) mass is 356 g/mol. The second-order valence-corrected chi connectivity index (χ2v) is 7.01. The highest BCUT2D eigenvalue weighted by molar-refractivity contribution is 5.80. The molecule has 0 unspecified atom stereocenters. The van der Waals surface area contributed by atoms with Gasteiger partial charge < -0.3 is 14.5 Å². The van der Waals surface area contributed by atoms with Gasteiger partial charge in [-0.15, -0.1) is 0 Å². The zero-order chi connectivity index (χ0) is 18.8. The zero-order valence-corrected chi connectivity index (χ0v) is 15.4. The Labute approximate surface area is 152 Å². The summed E-state index contributed by atoms with van der Waals surface area (Å²) in [6.45, 7) is 6.39. The number of aliphatic carboxylic acids is 1. The highest BCUT2D eigenvalue weighted by atomic mass is 16.5. The Balaban J connectivity index is 1.72. The number of aromatic nitrogens is 1. The van der Waals surface area contributed by atoms with Gasteiger partial charge in [-0.25, -0.2) is 0 Å². The number of nitrogens with zero attached hydrogens (tertiary/aromatic N) is 2. The van der Waals surface area contributed by atoms with Gasteiger partial charge in [0, 0.05) is 31.0 Å². The van der Waals surface area contributed by atoms with Crippen LogP contribution in [0.4, 0.5) is 0 Å². The molecule has 1 fully saturated rings. The maximum atomic E-state index is 12.7. The maximum Gasteiger partial charge on any atom is 0.308 e. The van der Waals surface area contributed by atoms with E-state index >= 15 is 0 Å². The molecule has 6 nitrogen and oxygen atoms in total. The summed E-state index contributed by atoms with van der Waals surface area (Å²) >= 11 is 0. The Kier molecular flexibility index (Phi) is 5.11. The number of likely N-dealkylation sites (tertiary alicyclic amines) is 1. The summed E-state index contributed by atoms with van der Waals surface area (Å²) in [6, 6.07) is 7.81. The standard InChI is InChI=1S/C20H24N2O4/c1-12-6-4-5-7-15(12)17-10-22(11-18(17)20(24)25)19(23)9-8-16-13(2)21-26-14(16)3/h4-7,17-18H,8-11H2,1-3H3,(H,24,25)/t17-,18+/m0/s1. The van der Waals surface area contributed by atoms with E-state index in [0.29, 0.717) is 19.4 Å². The van der Waals surface area contributed by atoms with E-state index in [1.807, 2.05) is 45.0 Å². The summed E-state index contributed by atoms with van der Waals surface area (Å²) in [7, 11) is 0. The lowest BCUT2D eigenvalue weighted by atomic mass is 9.86. The van der Waals surface area contributed by atoms with Gasteiger partial charge in [-0.2, -0.15) is 0 Å². The average molecular weight is 356 g/mol. The van der Waals surface area contributed by atoms with E-state index in [1.165, 1.54) is 0 Å². The molecule has 1 aromatic carbocycles. The summed E-state index contributed by atoms with van der Waals surface area (Å²) in [6.07, 6.45) is 0.888. The normalized spacial score (nSPS) is 19.7. The number of amides is 1. The predicted molar refractivity (Wildman–Crippen MR) is 95.9 cm³/mol. The van der Waals surface area contributed by atoms with E-state index in [9.17, 15) is 14.7 Å².